The maximum Gasteiger partial charge on any atom is 0.110 e. The Hall–Kier alpha value is -1.23. The van der Waals surface area contributed by atoms with Crippen LogP contribution in [0, 0.1) is 104 Å². The highest BCUT2D eigenvalue weighted by molar-refractivity contribution is 6.36. The van der Waals surface area contributed by atoms with E-state index in [1.165, 1.54) is 148 Å². The molecule has 10 heteroatoms. The van der Waals surface area contributed by atoms with Crippen molar-refractivity contribution in [3.63, 3.8) is 0 Å². The van der Waals surface area contributed by atoms with Gasteiger partial charge in [-0.25, -0.2) is 0 Å². The molecule has 70 heavy (non-hydrogen) atoms. The molecule has 0 aromatic rings. The van der Waals surface area contributed by atoms with Crippen LogP contribution in [0.2, 0.25) is 37.9 Å². The Morgan fingerprint density at radius 2 is 0.671 bits per heavy atom. The minimum Gasteiger partial charge on any atom is -0.328 e. The first-order valence-electron chi connectivity index (χ1n) is 30.8. The van der Waals surface area contributed by atoms with Gasteiger partial charge in [0.05, 0.1) is 0 Å². The lowest BCUT2D eigenvalue weighted by atomic mass is 9.42. The van der Waals surface area contributed by atoms with Crippen molar-refractivity contribution in [2.45, 2.75) is 271 Å². The normalized spacial score (nSPS) is 54.7. The fraction of sp³-hybridized carbons (Fsp3) is 1.00. The lowest BCUT2D eigenvalue weighted by Crippen LogP contribution is -2.54. The van der Waals surface area contributed by atoms with Crippen LogP contribution < -0.4 is 5.73 Å². The van der Waals surface area contributed by atoms with E-state index < -0.39 is 0 Å². The van der Waals surface area contributed by atoms with Crippen molar-refractivity contribution < 1.29 is 0 Å². The Kier molecular flexibility index (Phi) is 15.0. The van der Waals surface area contributed by atoms with Crippen LogP contribution in [0.4, 0.5) is 0 Å². The van der Waals surface area contributed by atoms with Crippen LogP contribution in [-0.2, 0) is 0 Å². The number of nitrogens with two attached hydrogens (primary N) is 1. The monoisotopic (exact) mass is 953 g/mol. The van der Waals surface area contributed by atoms with Crippen LogP contribution in [0.15, 0.2) is 10.2 Å². The molecular weight excluding hydrogens is 851 g/mol. The van der Waals surface area contributed by atoms with Gasteiger partial charge in [-0.3, -0.25) is 0 Å². The van der Waals surface area contributed by atoms with E-state index in [0.717, 1.165) is 114 Å². The molecule has 0 aliphatic heterocycles. The molecule has 0 saturated heterocycles. The molecule has 0 amide bonds. The van der Waals surface area contributed by atoms with Crippen LogP contribution in [0.3, 0.4) is 0 Å². The van der Waals surface area contributed by atoms with Gasteiger partial charge >= 0.3 is 0 Å². The zero-order valence-corrected chi connectivity index (χ0v) is 46.5. The van der Waals surface area contributed by atoms with Crippen molar-refractivity contribution in [2.24, 2.45) is 119 Å². The summed E-state index contributed by atoms with van der Waals surface area (Å²) in [6.07, 6.45) is 37.2. The zero-order valence-electron chi connectivity index (χ0n) is 46.5. The highest BCUT2D eigenvalue weighted by Gasteiger charge is 2.63. The SMILES string of the molecule is C[B]C1CCC2C3CCC4CC(N)CCC4(C)C3CCC12C.C[B]C1CCC2C3CCC4CC(N=[N+]=[N-])CCC4(C)C3CCC12C.C[B]C1CCC2C3CCC4CC(N=[N+]=[N-])CCC4(C)C3CCC12C. The molecule has 24 unspecified atom stereocenters. The Balaban J connectivity index is 0.000000122. The van der Waals surface area contributed by atoms with Crippen LogP contribution in [0.5, 0.6) is 0 Å². The predicted octanol–water partition coefficient (Wildman–Crippen LogP) is 17.4. The number of azide groups is 2. The van der Waals surface area contributed by atoms with E-state index >= 15 is 0 Å². The largest absolute Gasteiger partial charge is 0.328 e. The Labute approximate surface area is 431 Å². The molecule has 12 saturated carbocycles. The summed E-state index contributed by atoms with van der Waals surface area (Å²) >= 11 is 0. The maximum absolute atomic E-state index is 8.80. The molecule has 12 rings (SSSR count). The first-order valence-corrected chi connectivity index (χ1v) is 30.8. The third-order valence-electron chi connectivity index (χ3n) is 27.8. The number of hydrogen-bond donors (Lipinski definition) is 1. The summed E-state index contributed by atoms with van der Waals surface area (Å²) in [6, 6.07) is 1.03. The van der Waals surface area contributed by atoms with E-state index in [1.54, 1.807) is 0 Å². The van der Waals surface area contributed by atoms with Gasteiger partial charge in [0.1, 0.15) is 21.8 Å². The van der Waals surface area contributed by atoms with Crippen LogP contribution in [-0.4, -0.2) is 40.0 Å². The standard InChI is InChI=1S/2C20H33BN3.C20H35BN/c2*1-19-10-8-14(23-24-22)12-13(19)4-5-15-16-6-7-18(21-3)20(16,2)11-9-17(15)19;1-19-10-8-14(22)12-13(19)4-5-15-16-6-7-18(21-3)20(16,2)11-9-17(15)19/h2*13-18H,4-12H2,1-3H3;13-18H,4-12,22H2,1-3H3. The minimum absolute atomic E-state index is 0.268. The van der Waals surface area contributed by atoms with Gasteiger partial charge in [0.15, 0.2) is 0 Å². The molecule has 0 heterocycles. The Morgan fingerprint density at radius 3 is 1.00 bits per heavy atom. The maximum atomic E-state index is 8.80. The molecule has 3 radical (unpaired) electrons. The summed E-state index contributed by atoms with van der Waals surface area (Å²) < 4.78 is 0. The molecule has 12 aliphatic rings. The van der Waals surface area contributed by atoms with Crippen molar-refractivity contribution in [1.29, 1.82) is 0 Å². The first-order chi connectivity index (χ1) is 33.5. The number of rotatable bonds is 5. The lowest BCUT2D eigenvalue weighted by molar-refractivity contribution is -0.105. The van der Waals surface area contributed by atoms with Crippen LogP contribution >= 0.6 is 0 Å². The highest BCUT2D eigenvalue weighted by Crippen LogP contribution is 2.72. The van der Waals surface area contributed by atoms with Gasteiger partial charge in [-0.05, 0) is 249 Å². The number of nitrogens with zero attached hydrogens (tertiary/aromatic N) is 6. The second-order valence-electron chi connectivity index (χ2n) is 29.5. The summed E-state index contributed by atoms with van der Waals surface area (Å²) in [5.74, 6) is 13.9. The van der Waals surface area contributed by atoms with Gasteiger partial charge in [-0.15, -0.1) is 0 Å². The second-order valence-corrected chi connectivity index (χ2v) is 29.5. The molecule has 12 aliphatic carbocycles. The molecule has 0 aromatic carbocycles. The molecule has 2 N–H and O–H groups in total. The third kappa shape index (κ3) is 8.46. The van der Waals surface area contributed by atoms with E-state index in [2.05, 4.69) is 104 Å². The Bertz CT molecular complexity index is 1860. The average Bonchev–Trinajstić information content (AvgIpc) is 4.01. The molecule has 385 valence electrons. The van der Waals surface area contributed by atoms with E-state index in [-0.39, 0.29) is 12.1 Å². The van der Waals surface area contributed by atoms with E-state index in [0.29, 0.717) is 38.5 Å². The minimum atomic E-state index is 0.268. The van der Waals surface area contributed by atoms with E-state index in [4.69, 9.17) is 16.8 Å². The molecule has 0 spiro atoms. The fourth-order valence-corrected chi connectivity index (χ4v) is 23.9. The molecule has 0 bridgehead atoms. The van der Waals surface area contributed by atoms with Crippen molar-refractivity contribution in [2.75, 3.05) is 0 Å². The topological polar surface area (TPSA) is 124 Å². The summed E-state index contributed by atoms with van der Waals surface area (Å²) in [5, 5.41) is 8.14. The second kappa shape index (κ2) is 20.0. The lowest BCUT2D eigenvalue weighted by Gasteiger charge is -2.61. The highest BCUT2D eigenvalue weighted by atomic mass is 15.2. The summed E-state index contributed by atoms with van der Waals surface area (Å²) in [4.78, 5) is 6.19. The first kappa shape index (κ1) is 52.2. The van der Waals surface area contributed by atoms with Gasteiger partial charge in [-0.2, -0.15) is 0 Å². The quantitative estimate of drug-likeness (QED) is 0.125. The van der Waals surface area contributed by atoms with Crippen LogP contribution in [0.1, 0.15) is 215 Å². The number of hydrogen-bond acceptors (Lipinski definition) is 3. The van der Waals surface area contributed by atoms with Crippen molar-refractivity contribution >= 4 is 21.8 Å². The van der Waals surface area contributed by atoms with Crippen molar-refractivity contribution in [1.82, 2.24) is 0 Å². The van der Waals surface area contributed by atoms with Gasteiger partial charge in [0, 0.05) is 27.9 Å². The van der Waals surface area contributed by atoms with Gasteiger partial charge in [-0.1, -0.05) is 128 Å². The van der Waals surface area contributed by atoms with E-state index in [9.17, 15) is 0 Å². The predicted molar refractivity (Wildman–Crippen MR) is 295 cm³/mol. The summed E-state index contributed by atoms with van der Waals surface area (Å²) in [7, 11) is 7.56. The molecule has 12 fully saturated rings. The molecular formula is C60H101B3N7. The van der Waals surface area contributed by atoms with Gasteiger partial charge in [0.2, 0.25) is 0 Å². The molecule has 24 atom stereocenters. The Morgan fingerprint density at radius 1 is 0.371 bits per heavy atom. The fourth-order valence-electron chi connectivity index (χ4n) is 23.9. The van der Waals surface area contributed by atoms with Crippen LogP contribution in [0.25, 0.3) is 20.9 Å². The zero-order chi connectivity index (χ0) is 49.4. The summed E-state index contributed by atoms with van der Waals surface area (Å²) in [6.45, 7) is 22.6. The average molecular weight is 953 g/mol. The smallest absolute Gasteiger partial charge is 0.110 e. The molecule has 0 aromatic heterocycles. The van der Waals surface area contributed by atoms with Crippen molar-refractivity contribution in [3.8, 4) is 0 Å². The molecule has 7 nitrogen and oxygen atoms in total. The number of fused-ring (bicyclic) bond motifs is 15. The van der Waals surface area contributed by atoms with E-state index in [1.807, 2.05) is 0 Å². The van der Waals surface area contributed by atoms with Crippen molar-refractivity contribution in [3.05, 3.63) is 20.9 Å². The summed E-state index contributed by atoms with van der Waals surface area (Å²) in [5.41, 5.74) is 27.4. The third-order valence-corrected chi connectivity index (χ3v) is 27.8. The van der Waals surface area contributed by atoms with Gasteiger partial charge < -0.3 is 5.73 Å². The van der Waals surface area contributed by atoms with Gasteiger partial charge in [0.25, 0.3) is 0 Å².